The fourth-order valence-electron chi connectivity index (χ4n) is 2.17. The van der Waals surface area contributed by atoms with E-state index in [1.165, 1.54) is 4.57 Å². The zero-order chi connectivity index (χ0) is 13.7. The van der Waals surface area contributed by atoms with Gasteiger partial charge in [0.05, 0.1) is 6.61 Å². The summed E-state index contributed by atoms with van der Waals surface area (Å²) in [5.41, 5.74) is -0.233. The molecule has 1 aliphatic rings. The first kappa shape index (κ1) is 13.6. The monoisotopic (exact) mass is 264 g/mol. The Hall–Kier alpha value is -1.78. The van der Waals surface area contributed by atoms with Crippen molar-refractivity contribution < 1.29 is 9.53 Å². The first-order valence-electron chi connectivity index (χ1n) is 6.82. The maximum Gasteiger partial charge on any atom is 0.293 e. The first-order chi connectivity index (χ1) is 9.22. The van der Waals surface area contributed by atoms with Gasteiger partial charge >= 0.3 is 0 Å². The Labute approximate surface area is 112 Å². The predicted octanol–water partition coefficient (Wildman–Crippen LogP) is 1.26. The van der Waals surface area contributed by atoms with Crippen molar-refractivity contribution in [2.24, 2.45) is 0 Å². The Bertz CT molecular complexity index is 490. The molecule has 0 unspecified atom stereocenters. The van der Waals surface area contributed by atoms with E-state index in [9.17, 15) is 9.59 Å². The summed E-state index contributed by atoms with van der Waals surface area (Å²) in [5, 5.41) is 0. The molecule has 0 radical (unpaired) electrons. The van der Waals surface area contributed by atoms with E-state index in [1.54, 1.807) is 18.3 Å². The zero-order valence-corrected chi connectivity index (χ0v) is 11.3. The summed E-state index contributed by atoms with van der Waals surface area (Å²) in [5.74, 6) is 0.325. The van der Waals surface area contributed by atoms with E-state index < -0.39 is 0 Å². The van der Waals surface area contributed by atoms with Gasteiger partial charge in [0.2, 0.25) is 5.91 Å². The lowest BCUT2D eigenvalue weighted by Crippen LogP contribution is -2.34. The minimum absolute atomic E-state index is 0.00671. The molecular formula is C14H20N2O3. The average Bonchev–Trinajstić information content (AvgIpc) is 2.94. The van der Waals surface area contributed by atoms with Gasteiger partial charge in [0.1, 0.15) is 6.54 Å². The molecule has 0 spiro atoms. The number of ether oxygens (including phenoxy) is 1. The summed E-state index contributed by atoms with van der Waals surface area (Å²) in [6.07, 6.45) is 4.59. The highest BCUT2D eigenvalue weighted by molar-refractivity contribution is 5.76. The van der Waals surface area contributed by atoms with Crippen LogP contribution in [0.25, 0.3) is 0 Å². The van der Waals surface area contributed by atoms with Gasteiger partial charge < -0.3 is 14.2 Å². The third-order valence-corrected chi connectivity index (χ3v) is 3.21. The summed E-state index contributed by atoms with van der Waals surface area (Å²) in [6, 6.07) is 3.39. The van der Waals surface area contributed by atoms with Crippen molar-refractivity contribution in [2.75, 3.05) is 19.7 Å². The molecule has 0 saturated carbocycles. The van der Waals surface area contributed by atoms with Crippen LogP contribution in [0.3, 0.4) is 0 Å². The molecule has 2 rings (SSSR count). The van der Waals surface area contributed by atoms with Gasteiger partial charge in [0, 0.05) is 19.3 Å². The molecule has 0 N–H and O–H groups in total. The van der Waals surface area contributed by atoms with Crippen LogP contribution in [0.4, 0.5) is 0 Å². The molecule has 5 nitrogen and oxygen atoms in total. The Morgan fingerprint density at radius 2 is 2.11 bits per heavy atom. The van der Waals surface area contributed by atoms with Crippen LogP contribution in [-0.2, 0) is 11.3 Å². The lowest BCUT2D eigenvalue weighted by atomic mass is 10.4. The van der Waals surface area contributed by atoms with E-state index in [0.29, 0.717) is 12.4 Å². The molecule has 104 valence electrons. The highest BCUT2D eigenvalue weighted by atomic mass is 16.5. The van der Waals surface area contributed by atoms with E-state index in [-0.39, 0.29) is 18.0 Å². The number of hydrogen-bond donors (Lipinski definition) is 0. The van der Waals surface area contributed by atoms with Crippen molar-refractivity contribution in [1.29, 1.82) is 0 Å². The largest absolute Gasteiger partial charge is 0.488 e. The number of hydrogen-bond acceptors (Lipinski definition) is 3. The maximum absolute atomic E-state index is 12.1. The van der Waals surface area contributed by atoms with E-state index in [2.05, 4.69) is 0 Å². The highest BCUT2D eigenvalue weighted by Crippen LogP contribution is 2.08. The van der Waals surface area contributed by atoms with Gasteiger partial charge in [-0.3, -0.25) is 9.59 Å². The van der Waals surface area contributed by atoms with Crippen LogP contribution in [0.1, 0.15) is 26.2 Å². The number of carbonyl (C=O) groups excluding carboxylic acids is 1. The van der Waals surface area contributed by atoms with Crippen molar-refractivity contribution in [3.63, 3.8) is 0 Å². The molecule has 1 saturated heterocycles. The fourth-order valence-corrected chi connectivity index (χ4v) is 2.17. The smallest absolute Gasteiger partial charge is 0.293 e. The van der Waals surface area contributed by atoms with Crippen molar-refractivity contribution in [3.05, 3.63) is 28.7 Å². The number of carbonyl (C=O) groups is 1. The second kappa shape index (κ2) is 6.41. The summed E-state index contributed by atoms with van der Waals surface area (Å²) < 4.78 is 6.80. The van der Waals surface area contributed by atoms with Gasteiger partial charge in [-0.25, -0.2) is 0 Å². The van der Waals surface area contributed by atoms with E-state index in [4.69, 9.17) is 4.74 Å². The van der Waals surface area contributed by atoms with Gasteiger partial charge in [-0.05, 0) is 31.4 Å². The SMILES string of the molecule is CCCOc1cccn(CC(=O)N2CCCC2)c1=O. The average molecular weight is 264 g/mol. The highest BCUT2D eigenvalue weighted by Gasteiger charge is 2.18. The number of aromatic nitrogens is 1. The second-order valence-corrected chi connectivity index (χ2v) is 4.74. The summed E-state index contributed by atoms with van der Waals surface area (Å²) in [7, 11) is 0. The molecule has 1 aromatic heterocycles. The molecule has 0 aliphatic carbocycles. The Kier molecular flexibility index (Phi) is 4.60. The van der Waals surface area contributed by atoms with Gasteiger partial charge in [-0.15, -0.1) is 0 Å². The van der Waals surface area contributed by atoms with Crippen LogP contribution in [0.2, 0.25) is 0 Å². The molecule has 1 amide bonds. The Morgan fingerprint density at radius 3 is 2.79 bits per heavy atom. The van der Waals surface area contributed by atoms with Gasteiger partial charge in [0.25, 0.3) is 5.56 Å². The van der Waals surface area contributed by atoms with Gasteiger partial charge in [0.15, 0.2) is 5.75 Å². The van der Waals surface area contributed by atoms with Crippen molar-refractivity contribution >= 4 is 5.91 Å². The van der Waals surface area contributed by atoms with Crippen LogP contribution < -0.4 is 10.3 Å². The zero-order valence-electron chi connectivity index (χ0n) is 11.3. The third-order valence-electron chi connectivity index (χ3n) is 3.21. The standard InChI is InChI=1S/C14H20N2O3/c1-2-10-19-12-6-5-9-16(14(12)18)11-13(17)15-7-3-4-8-15/h5-6,9H,2-4,7-8,10-11H2,1H3. The van der Waals surface area contributed by atoms with E-state index in [0.717, 1.165) is 32.4 Å². The molecule has 1 fully saturated rings. The van der Waals surface area contributed by atoms with Crippen LogP contribution in [0.5, 0.6) is 5.75 Å². The van der Waals surface area contributed by atoms with Crippen LogP contribution >= 0.6 is 0 Å². The van der Waals surface area contributed by atoms with E-state index >= 15 is 0 Å². The van der Waals surface area contributed by atoms with Crippen molar-refractivity contribution in [1.82, 2.24) is 9.47 Å². The predicted molar refractivity (Wildman–Crippen MR) is 72.3 cm³/mol. The van der Waals surface area contributed by atoms with Crippen LogP contribution in [0, 0.1) is 0 Å². The third kappa shape index (κ3) is 3.36. The number of rotatable bonds is 5. The quantitative estimate of drug-likeness (QED) is 0.804. The normalized spacial score (nSPS) is 14.7. The lowest BCUT2D eigenvalue weighted by Gasteiger charge is -2.16. The van der Waals surface area contributed by atoms with E-state index in [1.807, 2.05) is 11.8 Å². The molecule has 2 heterocycles. The minimum atomic E-state index is -0.233. The molecule has 5 heteroatoms. The first-order valence-corrected chi connectivity index (χ1v) is 6.82. The molecule has 0 aromatic carbocycles. The lowest BCUT2D eigenvalue weighted by molar-refractivity contribution is -0.130. The van der Waals surface area contributed by atoms with Crippen LogP contribution in [-0.4, -0.2) is 35.1 Å². The Balaban J connectivity index is 2.07. The molecule has 0 bridgehead atoms. The van der Waals surface area contributed by atoms with Crippen molar-refractivity contribution in [2.45, 2.75) is 32.7 Å². The summed E-state index contributed by atoms with van der Waals surface area (Å²) >= 11 is 0. The van der Waals surface area contributed by atoms with Gasteiger partial charge in [-0.1, -0.05) is 6.92 Å². The summed E-state index contributed by atoms with van der Waals surface area (Å²) in [6.45, 7) is 4.21. The number of likely N-dealkylation sites (tertiary alicyclic amines) is 1. The number of amides is 1. The Morgan fingerprint density at radius 1 is 1.37 bits per heavy atom. The minimum Gasteiger partial charge on any atom is -0.488 e. The van der Waals surface area contributed by atoms with Crippen molar-refractivity contribution in [3.8, 4) is 5.75 Å². The molecule has 1 aliphatic heterocycles. The molecule has 1 aromatic rings. The number of nitrogens with zero attached hydrogens (tertiary/aromatic N) is 2. The van der Waals surface area contributed by atoms with Gasteiger partial charge in [-0.2, -0.15) is 0 Å². The maximum atomic E-state index is 12.1. The summed E-state index contributed by atoms with van der Waals surface area (Å²) in [4.78, 5) is 25.9. The number of pyridine rings is 1. The molecular weight excluding hydrogens is 244 g/mol. The topological polar surface area (TPSA) is 51.5 Å². The van der Waals surface area contributed by atoms with Crippen LogP contribution in [0.15, 0.2) is 23.1 Å². The fraction of sp³-hybridized carbons (Fsp3) is 0.571. The second-order valence-electron chi connectivity index (χ2n) is 4.74. The molecule has 0 atom stereocenters. The molecule has 19 heavy (non-hydrogen) atoms.